The number of ether oxygens (including phenoxy) is 2. The lowest BCUT2D eigenvalue weighted by atomic mass is 10.2. The monoisotopic (exact) mass is 375 g/mol. The quantitative estimate of drug-likeness (QED) is 0.324. The molecule has 0 fully saturated rings. The molecule has 2 amide bonds. The fraction of sp³-hybridized carbons (Fsp3) is 0.750. The zero-order chi connectivity index (χ0) is 20.5. The van der Waals surface area contributed by atoms with Crippen molar-refractivity contribution in [2.45, 2.75) is 71.7 Å². The molecule has 0 aromatic rings. The predicted octanol–water partition coefficient (Wildman–Crippen LogP) is 1.62. The van der Waals surface area contributed by atoms with E-state index in [0.29, 0.717) is 0 Å². The van der Waals surface area contributed by atoms with Crippen molar-refractivity contribution >= 4 is 24.1 Å². The number of amides is 2. The molecule has 0 aromatic heterocycles. The Morgan fingerprint density at radius 2 is 1.38 bits per heavy atom. The summed E-state index contributed by atoms with van der Waals surface area (Å²) in [6, 6.07) is 0. The van der Waals surface area contributed by atoms with Crippen LogP contribution in [0.5, 0.6) is 0 Å². The average molecular weight is 375 g/mol. The first-order valence-corrected chi connectivity index (χ1v) is 8.15. The lowest BCUT2D eigenvalue weighted by molar-refractivity contribution is -0.146. The van der Waals surface area contributed by atoms with Crippen LogP contribution in [0.3, 0.4) is 0 Å². The van der Waals surface area contributed by atoms with E-state index in [1.807, 2.05) is 0 Å². The minimum absolute atomic E-state index is 0.0228. The number of nitrogens with one attached hydrogen (secondary N) is 2. The van der Waals surface area contributed by atoms with Crippen LogP contribution in [-0.2, 0) is 14.3 Å². The lowest BCUT2D eigenvalue weighted by Crippen LogP contribution is -2.47. The van der Waals surface area contributed by atoms with E-state index in [2.05, 4.69) is 15.6 Å². The molecular formula is C16H29N3O7. The largest absolute Gasteiger partial charge is 0.479 e. The van der Waals surface area contributed by atoms with Gasteiger partial charge in [0.05, 0.1) is 0 Å². The van der Waals surface area contributed by atoms with Crippen molar-refractivity contribution in [3.05, 3.63) is 0 Å². The summed E-state index contributed by atoms with van der Waals surface area (Å²) in [6.07, 6.45) is -2.93. The fourth-order valence-electron chi connectivity index (χ4n) is 1.51. The maximum atomic E-state index is 11.8. The number of alkyl carbamates (subject to hydrolysis) is 2. The van der Waals surface area contributed by atoms with E-state index in [9.17, 15) is 19.5 Å². The highest BCUT2D eigenvalue weighted by Crippen LogP contribution is 2.07. The van der Waals surface area contributed by atoms with Gasteiger partial charge in [-0.3, -0.25) is 15.6 Å². The zero-order valence-corrected chi connectivity index (χ0v) is 16.1. The van der Waals surface area contributed by atoms with Gasteiger partial charge in [0.2, 0.25) is 5.96 Å². The zero-order valence-electron chi connectivity index (χ0n) is 16.1. The number of aliphatic hydroxyl groups is 1. The average Bonchev–Trinajstić information content (AvgIpc) is 2.38. The second-order valence-electron chi connectivity index (χ2n) is 7.48. The highest BCUT2D eigenvalue weighted by molar-refractivity contribution is 6.01. The summed E-state index contributed by atoms with van der Waals surface area (Å²) < 4.78 is 10.2. The van der Waals surface area contributed by atoms with Crippen LogP contribution in [0.4, 0.5) is 9.59 Å². The van der Waals surface area contributed by atoms with Gasteiger partial charge in [-0.2, -0.15) is 0 Å². The maximum Gasteiger partial charge on any atom is 0.414 e. The summed E-state index contributed by atoms with van der Waals surface area (Å²) >= 11 is 0. The van der Waals surface area contributed by atoms with E-state index in [1.165, 1.54) is 0 Å². The Balaban J connectivity index is 4.86. The van der Waals surface area contributed by atoms with E-state index in [4.69, 9.17) is 14.6 Å². The standard InChI is InChI=1S/C16H29N3O7/c1-15(2,3)25-13(23)18-12(19-14(24)26-16(4,5)6)17-9-7-8-10(20)11(21)22/h10,20H,7-9H2,1-6H3,(H,21,22)(H2,17,18,19,23,24). The Bertz CT molecular complexity index is 501. The Morgan fingerprint density at radius 1 is 0.962 bits per heavy atom. The summed E-state index contributed by atoms with van der Waals surface area (Å²) in [6.45, 7) is 10.1. The molecule has 0 rings (SSSR count). The molecule has 1 atom stereocenters. The van der Waals surface area contributed by atoms with E-state index in [0.717, 1.165) is 0 Å². The van der Waals surface area contributed by atoms with Crippen molar-refractivity contribution in [3.63, 3.8) is 0 Å². The van der Waals surface area contributed by atoms with Gasteiger partial charge in [-0.1, -0.05) is 0 Å². The molecule has 10 heteroatoms. The third-order valence-electron chi connectivity index (χ3n) is 2.43. The van der Waals surface area contributed by atoms with Crippen LogP contribution in [0, 0.1) is 0 Å². The van der Waals surface area contributed by atoms with Crippen LogP contribution in [-0.4, -0.2) is 58.2 Å². The van der Waals surface area contributed by atoms with Gasteiger partial charge >= 0.3 is 18.2 Å². The number of carboxylic acid groups (broad SMARTS) is 1. The molecule has 0 saturated carbocycles. The van der Waals surface area contributed by atoms with Crippen LogP contribution in [0.1, 0.15) is 54.4 Å². The van der Waals surface area contributed by atoms with Crippen molar-refractivity contribution < 1.29 is 34.1 Å². The Morgan fingerprint density at radius 3 is 1.73 bits per heavy atom. The van der Waals surface area contributed by atoms with Crippen LogP contribution in [0.15, 0.2) is 4.99 Å². The normalized spacial score (nSPS) is 12.6. The number of carboxylic acids is 1. The predicted molar refractivity (Wildman–Crippen MR) is 93.9 cm³/mol. The number of guanidine groups is 1. The van der Waals surface area contributed by atoms with Gasteiger partial charge in [0, 0.05) is 6.54 Å². The molecule has 4 N–H and O–H groups in total. The molecule has 0 aromatic carbocycles. The number of aliphatic carboxylic acids is 1. The van der Waals surface area contributed by atoms with Crippen molar-refractivity contribution in [2.24, 2.45) is 4.99 Å². The molecule has 0 bridgehead atoms. The number of nitrogens with zero attached hydrogens (tertiary/aromatic N) is 1. The minimum atomic E-state index is -1.49. The SMILES string of the molecule is CC(C)(C)OC(=O)NC(=NCCCC(O)C(=O)O)NC(=O)OC(C)(C)C. The van der Waals surface area contributed by atoms with Crippen molar-refractivity contribution in [3.8, 4) is 0 Å². The molecule has 0 aliphatic carbocycles. The van der Waals surface area contributed by atoms with Gasteiger partial charge in [-0.05, 0) is 54.4 Å². The molecule has 26 heavy (non-hydrogen) atoms. The third kappa shape index (κ3) is 13.0. The third-order valence-corrected chi connectivity index (χ3v) is 2.43. The summed E-state index contributed by atoms with van der Waals surface area (Å²) in [5.74, 6) is -1.52. The fourth-order valence-corrected chi connectivity index (χ4v) is 1.51. The minimum Gasteiger partial charge on any atom is -0.479 e. The summed E-state index contributed by atoms with van der Waals surface area (Å²) in [5.41, 5.74) is -1.49. The van der Waals surface area contributed by atoms with Gasteiger partial charge in [-0.25, -0.2) is 14.4 Å². The second kappa shape index (κ2) is 9.95. The summed E-state index contributed by atoms with van der Waals surface area (Å²) in [7, 11) is 0. The van der Waals surface area contributed by atoms with Crippen LogP contribution < -0.4 is 10.6 Å². The Kier molecular flexibility index (Phi) is 9.05. The summed E-state index contributed by atoms with van der Waals surface area (Å²) in [5, 5.41) is 22.4. The van der Waals surface area contributed by atoms with Gasteiger partial charge in [-0.15, -0.1) is 0 Å². The van der Waals surface area contributed by atoms with Crippen molar-refractivity contribution in [2.75, 3.05) is 6.54 Å². The number of aliphatic imine (C=N–C) groups is 1. The highest BCUT2D eigenvalue weighted by Gasteiger charge is 2.21. The maximum absolute atomic E-state index is 11.8. The van der Waals surface area contributed by atoms with E-state index in [1.54, 1.807) is 41.5 Å². The number of carbonyl (C=O) groups is 3. The summed E-state index contributed by atoms with van der Waals surface area (Å²) in [4.78, 5) is 38.2. The molecule has 0 saturated heterocycles. The number of aliphatic hydroxyl groups excluding tert-OH is 1. The smallest absolute Gasteiger partial charge is 0.414 e. The number of carbonyl (C=O) groups excluding carboxylic acids is 2. The van der Waals surface area contributed by atoms with Crippen molar-refractivity contribution in [1.82, 2.24) is 10.6 Å². The molecule has 0 radical (unpaired) electrons. The molecule has 0 aliphatic rings. The van der Waals surface area contributed by atoms with E-state index in [-0.39, 0.29) is 25.3 Å². The number of rotatable bonds is 5. The second-order valence-corrected chi connectivity index (χ2v) is 7.48. The van der Waals surface area contributed by atoms with Gasteiger partial charge in [0.1, 0.15) is 11.2 Å². The Labute approximate surface area is 153 Å². The molecular weight excluding hydrogens is 346 g/mol. The number of hydrogen-bond donors (Lipinski definition) is 4. The molecule has 0 spiro atoms. The molecule has 0 aliphatic heterocycles. The molecule has 0 heterocycles. The van der Waals surface area contributed by atoms with Gasteiger partial charge in [0.25, 0.3) is 0 Å². The molecule has 10 nitrogen and oxygen atoms in total. The van der Waals surface area contributed by atoms with Crippen molar-refractivity contribution in [1.29, 1.82) is 0 Å². The van der Waals surface area contributed by atoms with E-state index < -0.39 is 35.5 Å². The Hall–Kier alpha value is -2.36. The topological polar surface area (TPSA) is 147 Å². The lowest BCUT2D eigenvalue weighted by Gasteiger charge is -2.22. The van der Waals surface area contributed by atoms with Gasteiger partial charge in [0.15, 0.2) is 6.10 Å². The number of hydrogen-bond acceptors (Lipinski definition) is 7. The molecule has 1 unspecified atom stereocenters. The van der Waals surface area contributed by atoms with Gasteiger partial charge < -0.3 is 19.7 Å². The first kappa shape index (κ1) is 23.6. The highest BCUT2D eigenvalue weighted by atomic mass is 16.6. The first-order valence-electron chi connectivity index (χ1n) is 8.15. The van der Waals surface area contributed by atoms with Crippen LogP contribution in [0.2, 0.25) is 0 Å². The van der Waals surface area contributed by atoms with Crippen LogP contribution >= 0.6 is 0 Å². The molecule has 150 valence electrons. The first-order chi connectivity index (χ1) is 11.7. The van der Waals surface area contributed by atoms with Crippen LogP contribution in [0.25, 0.3) is 0 Å². The van der Waals surface area contributed by atoms with E-state index >= 15 is 0 Å².